The summed E-state index contributed by atoms with van der Waals surface area (Å²) in [7, 11) is 2.80. The lowest BCUT2D eigenvalue weighted by atomic mass is 10.6. The smallest absolute Gasteiger partial charge is 0.0306 e. The van der Waals surface area contributed by atoms with E-state index in [2.05, 4.69) is 20.8 Å². The Labute approximate surface area is 84.4 Å². The van der Waals surface area contributed by atoms with Gasteiger partial charge in [-0.05, 0) is 0 Å². The van der Waals surface area contributed by atoms with Crippen molar-refractivity contribution in [2.75, 3.05) is 0 Å². The molecule has 0 fully saturated rings. The fraction of sp³-hybridized carbons (Fsp3) is 1.00. The standard InChI is InChI=1S/C9H21Si3/c1-4-7-10-11-12(8-5-2)9-6-3/h4-9H2,1-3H3. The van der Waals surface area contributed by atoms with Gasteiger partial charge in [-0.15, -0.1) is 0 Å². The predicted octanol–water partition coefficient (Wildman–Crippen LogP) is 2.95. The molecule has 0 rings (SSSR count). The van der Waals surface area contributed by atoms with Crippen molar-refractivity contribution in [3.63, 3.8) is 0 Å². The fourth-order valence-corrected chi connectivity index (χ4v) is 13.2. The Morgan fingerprint density at radius 2 is 1.50 bits per heavy atom. The molecule has 0 saturated heterocycles. The molecule has 0 saturated carbocycles. The van der Waals surface area contributed by atoms with Crippen LogP contribution in [0.3, 0.4) is 0 Å². The highest BCUT2D eigenvalue weighted by atomic mass is 29.5. The minimum atomic E-state index is 0.121. The average molecular weight is 214 g/mol. The number of hydrogen-bond acceptors (Lipinski definition) is 0. The first-order valence-corrected chi connectivity index (χ1v) is 11.3. The molecule has 3 heteroatoms. The van der Waals surface area contributed by atoms with Crippen LogP contribution in [-0.2, 0) is 0 Å². The molecule has 12 heavy (non-hydrogen) atoms. The molecule has 69 valence electrons. The maximum absolute atomic E-state index is 2.34. The van der Waals surface area contributed by atoms with Crippen molar-refractivity contribution < 1.29 is 0 Å². The van der Waals surface area contributed by atoms with Gasteiger partial charge in [0.25, 0.3) is 0 Å². The van der Waals surface area contributed by atoms with Crippen LogP contribution in [0.2, 0.25) is 18.1 Å². The highest BCUT2D eigenvalue weighted by Gasteiger charge is 2.08. The van der Waals surface area contributed by atoms with Crippen LogP contribution >= 0.6 is 0 Å². The second kappa shape index (κ2) is 9.74. The predicted molar refractivity (Wildman–Crippen MR) is 62.6 cm³/mol. The van der Waals surface area contributed by atoms with Gasteiger partial charge in [0, 0.05) is 25.9 Å². The van der Waals surface area contributed by atoms with Crippen molar-refractivity contribution in [3.05, 3.63) is 0 Å². The van der Waals surface area contributed by atoms with E-state index in [1.807, 2.05) is 0 Å². The van der Waals surface area contributed by atoms with Crippen LogP contribution in [0.1, 0.15) is 40.0 Å². The SMILES string of the molecule is CCC[Si][Si][Si](CCC)CCC. The molecule has 0 bridgehead atoms. The molecular formula is C9H21Si3. The summed E-state index contributed by atoms with van der Waals surface area (Å²) in [6.45, 7) is 6.99. The minimum Gasteiger partial charge on any atom is -0.0657 e. The van der Waals surface area contributed by atoms with E-state index in [1.54, 1.807) is 12.1 Å². The van der Waals surface area contributed by atoms with Gasteiger partial charge >= 0.3 is 0 Å². The Bertz CT molecular complexity index is 79.8. The highest BCUT2D eigenvalue weighted by Crippen LogP contribution is 2.04. The van der Waals surface area contributed by atoms with E-state index in [0.29, 0.717) is 0 Å². The molecule has 0 nitrogen and oxygen atoms in total. The molecule has 0 aromatic carbocycles. The van der Waals surface area contributed by atoms with Gasteiger partial charge in [-0.3, -0.25) is 0 Å². The molecule has 5 radical (unpaired) electrons. The Kier molecular flexibility index (Phi) is 10.3. The largest absolute Gasteiger partial charge is 0.0657 e. The molecule has 0 aliphatic heterocycles. The molecule has 0 unspecified atom stereocenters. The Morgan fingerprint density at radius 3 is 1.92 bits per heavy atom. The summed E-state index contributed by atoms with van der Waals surface area (Å²) in [5.74, 6) is 0. The third kappa shape index (κ3) is 7.31. The van der Waals surface area contributed by atoms with Crippen LogP contribution in [0, 0.1) is 0 Å². The van der Waals surface area contributed by atoms with Crippen molar-refractivity contribution in [3.8, 4) is 0 Å². The van der Waals surface area contributed by atoms with Crippen LogP contribution in [0.25, 0.3) is 0 Å². The Balaban J connectivity index is 3.34. The summed E-state index contributed by atoms with van der Waals surface area (Å²) < 4.78 is 0. The van der Waals surface area contributed by atoms with Crippen LogP contribution in [0.5, 0.6) is 0 Å². The zero-order valence-corrected chi connectivity index (χ0v) is 11.7. The van der Waals surface area contributed by atoms with Crippen LogP contribution in [-0.4, -0.2) is 25.9 Å². The van der Waals surface area contributed by atoms with Crippen LogP contribution < -0.4 is 0 Å². The van der Waals surface area contributed by atoms with Gasteiger partial charge in [-0.2, -0.15) is 0 Å². The van der Waals surface area contributed by atoms with E-state index >= 15 is 0 Å². The summed E-state index contributed by atoms with van der Waals surface area (Å²) >= 11 is 0. The quantitative estimate of drug-likeness (QED) is 0.430. The summed E-state index contributed by atoms with van der Waals surface area (Å²) in [6, 6.07) is 4.65. The topological polar surface area (TPSA) is 0 Å². The van der Waals surface area contributed by atoms with Gasteiger partial charge in [0.2, 0.25) is 0 Å². The van der Waals surface area contributed by atoms with Crippen LogP contribution in [0.4, 0.5) is 0 Å². The minimum absolute atomic E-state index is 0.121. The molecule has 0 aromatic rings. The number of hydrogen-bond donors (Lipinski definition) is 0. The van der Waals surface area contributed by atoms with Gasteiger partial charge < -0.3 is 0 Å². The Morgan fingerprint density at radius 1 is 0.917 bits per heavy atom. The highest BCUT2D eigenvalue weighted by molar-refractivity contribution is 7.35. The molecule has 0 aliphatic rings. The van der Waals surface area contributed by atoms with E-state index in [1.165, 1.54) is 42.9 Å². The van der Waals surface area contributed by atoms with Gasteiger partial charge in [-0.1, -0.05) is 58.2 Å². The van der Waals surface area contributed by atoms with Crippen molar-refractivity contribution in [1.29, 1.82) is 0 Å². The Hall–Kier alpha value is 0.651. The summed E-state index contributed by atoms with van der Waals surface area (Å²) in [5, 5.41) is 0. The van der Waals surface area contributed by atoms with Gasteiger partial charge in [-0.25, -0.2) is 0 Å². The fourth-order valence-electron chi connectivity index (χ4n) is 1.17. The van der Waals surface area contributed by atoms with E-state index in [4.69, 9.17) is 0 Å². The molecule has 0 aliphatic carbocycles. The molecule has 0 amide bonds. The molecular weight excluding hydrogens is 192 g/mol. The molecule has 0 N–H and O–H groups in total. The molecule has 0 atom stereocenters. The zero-order chi connectivity index (χ0) is 9.23. The lowest BCUT2D eigenvalue weighted by molar-refractivity contribution is 1.02. The maximum atomic E-state index is 2.34. The molecule has 0 heterocycles. The first kappa shape index (κ1) is 12.7. The monoisotopic (exact) mass is 213 g/mol. The third-order valence-electron chi connectivity index (χ3n) is 1.74. The first-order valence-electron chi connectivity index (χ1n) is 5.18. The van der Waals surface area contributed by atoms with E-state index < -0.39 is 0 Å². The second-order valence-electron chi connectivity index (χ2n) is 3.16. The van der Waals surface area contributed by atoms with Gasteiger partial charge in [0.1, 0.15) is 0 Å². The summed E-state index contributed by atoms with van der Waals surface area (Å²) in [4.78, 5) is 0. The van der Waals surface area contributed by atoms with Crippen molar-refractivity contribution in [2.45, 2.75) is 58.2 Å². The zero-order valence-electron chi connectivity index (χ0n) is 8.74. The van der Waals surface area contributed by atoms with E-state index in [0.717, 1.165) is 0 Å². The lowest BCUT2D eigenvalue weighted by Crippen LogP contribution is -2.26. The van der Waals surface area contributed by atoms with Gasteiger partial charge in [0.05, 0.1) is 0 Å². The van der Waals surface area contributed by atoms with E-state index in [-0.39, 0.29) is 8.31 Å². The van der Waals surface area contributed by atoms with E-state index in [9.17, 15) is 0 Å². The van der Waals surface area contributed by atoms with Crippen molar-refractivity contribution in [2.24, 2.45) is 0 Å². The first-order chi connectivity index (χ1) is 5.85. The van der Waals surface area contributed by atoms with Crippen molar-refractivity contribution >= 4 is 25.9 Å². The maximum Gasteiger partial charge on any atom is 0.0306 e. The van der Waals surface area contributed by atoms with Gasteiger partial charge in [0.15, 0.2) is 0 Å². The lowest BCUT2D eigenvalue weighted by Gasteiger charge is -2.10. The number of rotatable bonds is 8. The third-order valence-corrected chi connectivity index (χ3v) is 13.8. The summed E-state index contributed by atoms with van der Waals surface area (Å²) in [6.07, 6.45) is 4.26. The second-order valence-corrected chi connectivity index (χ2v) is 12.6. The normalized spacial score (nSPS) is 11.0. The summed E-state index contributed by atoms with van der Waals surface area (Å²) in [5.41, 5.74) is 0. The molecule has 0 aromatic heterocycles. The molecule has 0 spiro atoms. The van der Waals surface area contributed by atoms with Crippen molar-refractivity contribution in [1.82, 2.24) is 0 Å². The average Bonchev–Trinajstić information content (AvgIpc) is 2.06. The van der Waals surface area contributed by atoms with Crippen LogP contribution in [0.15, 0.2) is 0 Å².